The Morgan fingerprint density at radius 1 is 1.43 bits per heavy atom. The fourth-order valence-electron chi connectivity index (χ4n) is 0.780. The molecule has 0 aliphatic rings. The van der Waals surface area contributed by atoms with Crippen LogP contribution in [-0.4, -0.2) is 36.0 Å². The first-order valence-corrected chi connectivity index (χ1v) is 4.79. The summed E-state index contributed by atoms with van der Waals surface area (Å²) in [5, 5.41) is 8.91. The molecule has 0 amide bonds. The molecule has 0 radical (unpaired) electrons. The van der Waals surface area contributed by atoms with Crippen LogP contribution in [0.3, 0.4) is 0 Å². The standard InChI is InChI=1S/C10H20O4/c1-8(11)5-6-13-7-9(12)14-10(2,3)4/h8,11H,5-7H2,1-4H3. The highest BCUT2D eigenvalue weighted by Gasteiger charge is 2.15. The van der Waals surface area contributed by atoms with Crippen molar-refractivity contribution in [2.75, 3.05) is 13.2 Å². The summed E-state index contributed by atoms with van der Waals surface area (Å²) in [5.41, 5.74) is -0.468. The number of carbonyl (C=O) groups excluding carboxylic acids is 1. The summed E-state index contributed by atoms with van der Waals surface area (Å²) >= 11 is 0. The Labute approximate surface area is 85.2 Å². The summed E-state index contributed by atoms with van der Waals surface area (Å²) < 4.78 is 10.0. The third-order valence-electron chi connectivity index (χ3n) is 1.32. The molecule has 0 saturated heterocycles. The monoisotopic (exact) mass is 204 g/mol. The van der Waals surface area contributed by atoms with Crippen molar-refractivity contribution in [1.82, 2.24) is 0 Å². The molecule has 0 heterocycles. The lowest BCUT2D eigenvalue weighted by Gasteiger charge is -2.19. The lowest BCUT2D eigenvalue weighted by atomic mass is 10.2. The number of rotatable bonds is 5. The highest BCUT2D eigenvalue weighted by atomic mass is 16.6. The molecule has 1 atom stereocenters. The molecule has 1 unspecified atom stereocenters. The zero-order valence-corrected chi connectivity index (χ0v) is 9.37. The lowest BCUT2D eigenvalue weighted by molar-refractivity contribution is -0.160. The average Bonchev–Trinajstić information content (AvgIpc) is 1.94. The first-order valence-electron chi connectivity index (χ1n) is 4.79. The second kappa shape index (κ2) is 5.98. The van der Waals surface area contributed by atoms with Crippen molar-refractivity contribution in [3.8, 4) is 0 Å². The summed E-state index contributed by atoms with van der Waals surface area (Å²) in [7, 11) is 0. The zero-order valence-electron chi connectivity index (χ0n) is 9.37. The van der Waals surface area contributed by atoms with Gasteiger partial charge in [-0.1, -0.05) is 0 Å². The molecule has 0 aromatic rings. The van der Waals surface area contributed by atoms with Gasteiger partial charge in [-0.25, -0.2) is 4.79 Å². The van der Waals surface area contributed by atoms with Crippen LogP contribution in [0.25, 0.3) is 0 Å². The van der Waals surface area contributed by atoms with Crippen LogP contribution in [0.15, 0.2) is 0 Å². The van der Waals surface area contributed by atoms with Gasteiger partial charge in [0.15, 0.2) is 0 Å². The predicted molar refractivity (Wildman–Crippen MR) is 53.0 cm³/mol. The largest absolute Gasteiger partial charge is 0.458 e. The van der Waals surface area contributed by atoms with Crippen LogP contribution in [0.4, 0.5) is 0 Å². The quantitative estimate of drug-likeness (QED) is 0.538. The minimum absolute atomic E-state index is 0.0516. The summed E-state index contributed by atoms with van der Waals surface area (Å²) in [5.74, 6) is -0.372. The number of aliphatic hydroxyl groups is 1. The normalized spacial score (nSPS) is 13.8. The average molecular weight is 204 g/mol. The Hall–Kier alpha value is -0.610. The fourth-order valence-corrected chi connectivity index (χ4v) is 0.780. The maximum absolute atomic E-state index is 11.1. The van der Waals surface area contributed by atoms with Crippen LogP contribution < -0.4 is 0 Å². The molecule has 4 heteroatoms. The Morgan fingerprint density at radius 3 is 2.43 bits per heavy atom. The van der Waals surface area contributed by atoms with Crippen molar-refractivity contribution >= 4 is 5.97 Å². The van der Waals surface area contributed by atoms with E-state index in [1.54, 1.807) is 27.7 Å². The van der Waals surface area contributed by atoms with Crippen molar-refractivity contribution in [2.45, 2.75) is 45.8 Å². The van der Waals surface area contributed by atoms with Crippen molar-refractivity contribution < 1.29 is 19.4 Å². The molecule has 0 aromatic heterocycles. The van der Waals surface area contributed by atoms with Gasteiger partial charge in [-0.2, -0.15) is 0 Å². The highest BCUT2D eigenvalue weighted by Crippen LogP contribution is 2.06. The molecule has 1 N–H and O–H groups in total. The number of carbonyl (C=O) groups is 1. The Morgan fingerprint density at radius 2 is 2.00 bits per heavy atom. The van der Waals surface area contributed by atoms with Crippen molar-refractivity contribution in [1.29, 1.82) is 0 Å². The number of aliphatic hydroxyl groups excluding tert-OH is 1. The van der Waals surface area contributed by atoms with Crippen molar-refractivity contribution in [3.05, 3.63) is 0 Å². The minimum Gasteiger partial charge on any atom is -0.458 e. The first kappa shape index (κ1) is 13.4. The molecule has 0 fully saturated rings. The molecule has 0 aliphatic heterocycles. The molecule has 0 saturated carbocycles. The third kappa shape index (κ3) is 9.48. The van der Waals surface area contributed by atoms with E-state index in [0.29, 0.717) is 13.0 Å². The van der Waals surface area contributed by atoms with Gasteiger partial charge in [0.05, 0.1) is 6.10 Å². The topological polar surface area (TPSA) is 55.8 Å². The predicted octanol–water partition coefficient (Wildman–Crippen LogP) is 1.12. The van der Waals surface area contributed by atoms with E-state index in [-0.39, 0.29) is 12.6 Å². The molecule has 0 aliphatic carbocycles. The number of esters is 1. The second-order valence-corrected chi connectivity index (χ2v) is 4.28. The lowest BCUT2D eigenvalue weighted by Crippen LogP contribution is -2.26. The number of hydrogen-bond donors (Lipinski definition) is 1. The van der Waals surface area contributed by atoms with E-state index in [0.717, 1.165) is 0 Å². The molecule has 0 rings (SSSR count). The van der Waals surface area contributed by atoms with Gasteiger partial charge in [-0.05, 0) is 34.1 Å². The third-order valence-corrected chi connectivity index (χ3v) is 1.32. The minimum atomic E-state index is -0.468. The maximum atomic E-state index is 11.1. The fraction of sp³-hybridized carbons (Fsp3) is 0.900. The van der Waals surface area contributed by atoms with E-state index in [9.17, 15) is 4.79 Å². The molecular formula is C10H20O4. The van der Waals surface area contributed by atoms with E-state index in [4.69, 9.17) is 14.6 Å². The molecule has 84 valence electrons. The summed E-state index contributed by atoms with van der Waals surface area (Å²) in [6.07, 6.45) is 0.136. The van der Waals surface area contributed by atoms with Gasteiger partial charge >= 0.3 is 5.97 Å². The molecule has 0 spiro atoms. The van der Waals surface area contributed by atoms with Crippen molar-refractivity contribution in [2.24, 2.45) is 0 Å². The Kier molecular flexibility index (Phi) is 5.72. The van der Waals surface area contributed by atoms with Gasteiger partial charge in [-0.15, -0.1) is 0 Å². The summed E-state index contributed by atoms with van der Waals surface area (Å²) in [6.45, 7) is 7.42. The van der Waals surface area contributed by atoms with Crippen molar-refractivity contribution in [3.63, 3.8) is 0 Å². The van der Waals surface area contributed by atoms with Crippen LogP contribution in [0.5, 0.6) is 0 Å². The number of ether oxygens (including phenoxy) is 2. The van der Waals surface area contributed by atoms with Crippen LogP contribution in [0.2, 0.25) is 0 Å². The van der Waals surface area contributed by atoms with Gasteiger partial charge in [-0.3, -0.25) is 0 Å². The van der Waals surface area contributed by atoms with Gasteiger partial charge in [0.25, 0.3) is 0 Å². The molecular weight excluding hydrogens is 184 g/mol. The van der Waals surface area contributed by atoms with Crippen LogP contribution in [0, 0.1) is 0 Å². The second-order valence-electron chi connectivity index (χ2n) is 4.28. The van der Waals surface area contributed by atoms with Gasteiger partial charge in [0, 0.05) is 6.61 Å². The Balaban J connectivity index is 3.46. The van der Waals surface area contributed by atoms with E-state index in [1.807, 2.05) is 0 Å². The SMILES string of the molecule is CC(O)CCOCC(=O)OC(C)(C)C. The molecule has 0 aromatic carbocycles. The molecule has 0 bridgehead atoms. The van der Waals surface area contributed by atoms with E-state index in [2.05, 4.69) is 0 Å². The van der Waals surface area contributed by atoms with E-state index < -0.39 is 11.7 Å². The van der Waals surface area contributed by atoms with Crippen LogP contribution in [-0.2, 0) is 14.3 Å². The zero-order chi connectivity index (χ0) is 11.2. The van der Waals surface area contributed by atoms with Gasteiger partial charge in [0.2, 0.25) is 0 Å². The highest BCUT2D eigenvalue weighted by molar-refractivity contribution is 5.71. The maximum Gasteiger partial charge on any atom is 0.332 e. The van der Waals surface area contributed by atoms with E-state index >= 15 is 0 Å². The first-order chi connectivity index (χ1) is 6.31. The molecule has 14 heavy (non-hydrogen) atoms. The summed E-state index contributed by atoms with van der Waals surface area (Å²) in [6, 6.07) is 0. The smallest absolute Gasteiger partial charge is 0.332 e. The van der Waals surface area contributed by atoms with E-state index in [1.165, 1.54) is 0 Å². The number of hydrogen-bond acceptors (Lipinski definition) is 4. The Bertz CT molecular complexity index is 169. The van der Waals surface area contributed by atoms with Gasteiger partial charge in [0.1, 0.15) is 12.2 Å². The molecule has 4 nitrogen and oxygen atoms in total. The summed E-state index contributed by atoms with van der Waals surface area (Å²) in [4.78, 5) is 11.1. The van der Waals surface area contributed by atoms with Gasteiger partial charge < -0.3 is 14.6 Å². The van der Waals surface area contributed by atoms with Crippen LogP contribution in [0.1, 0.15) is 34.1 Å². The van der Waals surface area contributed by atoms with Crippen LogP contribution >= 0.6 is 0 Å².